The minimum atomic E-state index is -0.307. The lowest BCUT2D eigenvalue weighted by Gasteiger charge is -2.10. The molecule has 124 valence electrons. The minimum absolute atomic E-state index is 0.235. The fraction of sp³-hybridized carbons (Fsp3) is 0.312. The lowest BCUT2D eigenvalue weighted by molar-refractivity contribution is 0.0953. The number of carbonyl (C=O) groups excluding carboxylic acids is 1. The Morgan fingerprint density at radius 2 is 2.08 bits per heavy atom. The second-order valence-electron chi connectivity index (χ2n) is 5.59. The van der Waals surface area contributed by atoms with Crippen LogP contribution >= 0.6 is 0 Å². The smallest absolute Gasteiger partial charge is 0.348 e. The Kier molecular flexibility index (Phi) is 4.11. The van der Waals surface area contributed by atoms with E-state index < -0.39 is 0 Å². The lowest BCUT2D eigenvalue weighted by Crippen LogP contribution is -2.33. The zero-order valence-corrected chi connectivity index (χ0v) is 13.8. The van der Waals surface area contributed by atoms with E-state index in [0.717, 1.165) is 5.69 Å². The normalized spacial score (nSPS) is 11.0. The topological polar surface area (TPSA) is 94.2 Å². The molecule has 0 aliphatic carbocycles. The molecule has 8 nitrogen and oxygen atoms in total. The van der Waals surface area contributed by atoms with Gasteiger partial charge in [-0.05, 0) is 39.0 Å². The van der Waals surface area contributed by atoms with Crippen molar-refractivity contribution in [1.29, 1.82) is 0 Å². The van der Waals surface area contributed by atoms with E-state index in [1.807, 2.05) is 13.0 Å². The third-order valence-electron chi connectivity index (χ3n) is 3.79. The van der Waals surface area contributed by atoms with Crippen molar-refractivity contribution in [2.75, 3.05) is 6.54 Å². The number of amides is 1. The maximum Gasteiger partial charge on any atom is 0.348 e. The zero-order chi connectivity index (χ0) is 17.3. The van der Waals surface area contributed by atoms with E-state index in [1.165, 1.54) is 9.20 Å². The van der Waals surface area contributed by atoms with Gasteiger partial charge in [0.25, 0.3) is 5.91 Å². The van der Waals surface area contributed by atoms with Crippen molar-refractivity contribution in [3.8, 4) is 0 Å². The number of hydrogen-bond acceptors (Lipinski definition) is 5. The van der Waals surface area contributed by atoms with Crippen LogP contribution < -0.4 is 11.0 Å². The molecule has 0 aromatic carbocycles. The molecule has 3 aromatic heterocycles. The highest BCUT2D eigenvalue weighted by atomic mass is 16.2. The molecule has 1 amide bonds. The SMILES string of the molecule is Cc1cc(C)n(CCNC(=O)c2c(C)nn3ncccc23)c(=O)n1. The predicted molar refractivity (Wildman–Crippen MR) is 88.0 cm³/mol. The summed E-state index contributed by atoms with van der Waals surface area (Å²) in [5, 5.41) is 11.1. The fourth-order valence-electron chi connectivity index (χ4n) is 2.70. The summed E-state index contributed by atoms with van der Waals surface area (Å²) in [5.74, 6) is -0.235. The van der Waals surface area contributed by atoms with Gasteiger partial charge in [0, 0.05) is 30.7 Å². The first-order valence-electron chi connectivity index (χ1n) is 7.61. The van der Waals surface area contributed by atoms with Gasteiger partial charge in [-0.3, -0.25) is 9.36 Å². The molecule has 0 atom stereocenters. The second kappa shape index (κ2) is 6.23. The van der Waals surface area contributed by atoms with Crippen LogP contribution in [-0.4, -0.2) is 36.8 Å². The van der Waals surface area contributed by atoms with Crippen LogP contribution in [0.5, 0.6) is 0 Å². The Hall–Kier alpha value is -3.03. The zero-order valence-electron chi connectivity index (χ0n) is 13.8. The van der Waals surface area contributed by atoms with Gasteiger partial charge in [-0.1, -0.05) is 0 Å². The quantitative estimate of drug-likeness (QED) is 0.759. The Balaban J connectivity index is 1.74. The predicted octanol–water partition coefficient (Wildman–Crippen LogP) is 0.641. The van der Waals surface area contributed by atoms with E-state index in [2.05, 4.69) is 20.5 Å². The first kappa shape index (κ1) is 15.9. The van der Waals surface area contributed by atoms with Gasteiger partial charge in [-0.2, -0.15) is 19.8 Å². The molecular formula is C16H18N6O2. The molecule has 0 fully saturated rings. The third-order valence-corrected chi connectivity index (χ3v) is 3.79. The summed E-state index contributed by atoms with van der Waals surface area (Å²) in [4.78, 5) is 28.3. The van der Waals surface area contributed by atoms with Gasteiger partial charge in [0.2, 0.25) is 0 Å². The van der Waals surface area contributed by atoms with E-state index in [0.29, 0.717) is 35.6 Å². The molecule has 1 N–H and O–H groups in total. The van der Waals surface area contributed by atoms with Crippen molar-refractivity contribution in [3.63, 3.8) is 0 Å². The molecule has 3 aromatic rings. The first-order valence-corrected chi connectivity index (χ1v) is 7.61. The highest BCUT2D eigenvalue weighted by Gasteiger charge is 2.17. The maximum atomic E-state index is 12.5. The molecule has 0 radical (unpaired) electrons. The molecule has 0 spiro atoms. The molecule has 8 heteroatoms. The summed E-state index contributed by atoms with van der Waals surface area (Å²) in [7, 11) is 0. The van der Waals surface area contributed by atoms with Gasteiger partial charge in [0.1, 0.15) is 5.52 Å². The number of hydrogen-bond donors (Lipinski definition) is 1. The number of fused-ring (bicyclic) bond motifs is 1. The number of nitrogens with zero attached hydrogens (tertiary/aromatic N) is 5. The molecule has 3 rings (SSSR count). The van der Waals surface area contributed by atoms with Crippen molar-refractivity contribution < 1.29 is 4.79 Å². The summed E-state index contributed by atoms with van der Waals surface area (Å²) in [6.07, 6.45) is 1.61. The third kappa shape index (κ3) is 2.90. The van der Waals surface area contributed by atoms with Gasteiger partial charge in [0.15, 0.2) is 0 Å². The monoisotopic (exact) mass is 326 g/mol. The van der Waals surface area contributed by atoms with Crippen LogP contribution in [0.3, 0.4) is 0 Å². The molecule has 3 heterocycles. The van der Waals surface area contributed by atoms with E-state index in [-0.39, 0.29) is 11.6 Å². The standard InChI is InChI=1S/C16H18N6O2/c1-10-9-11(2)21(16(24)19-10)8-7-17-15(23)14-12(3)20-22-13(14)5-4-6-18-22/h4-6,9H,7-8H2,1-3H3,(H,17,23). The molecule has 0 saturated heterocycles. The molecule has 0 bridgehead atoms. The van der Waals surface area contributed by atoms with Crippen molar-refractivity contribution in [1.82, 2.24) is 29.7 Å². The summed E-state index contributed by atoms with van der Waals surface area (Å²) in [6.45, 7) is 6.07. The van der Waals surface area contributed by atoms with Crippen LogP contribution in [0.1, 0.15) is 27.4 Å². The van der Waals surface area contributed by atoms with Gasteiger partial charge >= 0.3 is 5.69 Å². The first-order chi connectivity index (χ1) is 11.5. The van der Waals surface area contributed by atoms with E-state index >= 15 is 0 Å². The number of nitrogens with one attached hydrogen (secondary N) is 1. The van der Waals surface area contributed by atoms with Crippen molar-refractivity contribution in [3.05, 3.63) is 57.5 Å². The lowest BCUT2D eigenvalue weighted by atomic mass is 10.2. The fourth-order valence-corrected chi connectivity index (χ4v) is 2.70. The Morgan fingerprint density at radius 3 is 2.83 bits per heavy atom. The van der Waals surface area contributed by atoms with Crippen molar-refractivity contribution >= 4 is 11.4 Å². The van der Waals surface area contributed by atoms with E-state index in [4.69, 9.17) is 0 Å². The van der Waals surface area contributed by atoms with Crippen LogP contribution in [-0.2, 0) is 6.54 Å². The van der Waals surface area contributed by atoms with Crippen LogP contribution in [0.15, 0.2) is 29.2 Å². The summed E-state index contributed by atoms with van der Waals surface area (Å²) < 4.78 is 2.97. The van der Waals surface area contributed by atoms with Gasteiger partial charge in [-0.15, -0.1) is 0 Å². The summed E-state index contributed by atoms with van der Waals surface area (Å²) in [5.41, 5.74) is 2.95. The molecule has 0 aliphatic heterocycles. The van der Waals surface area contributed by atoms with Crippen LogP contribution in [0.4, 0.5) is 0 Å². The van der Waals surface area contributed by atoms with Crippen LogP contribution in [0.2, 0.25) is 0 Å². The number of carbonyl (C=O) groups is 1. The Labute approximate surface area is 138 Å². The molecule has 24 heavy (non-hydrogen) atoms. The second-order valence-corrected chi connectivity index (χ2v) is 5.59. The molecule has 0 saturated carbocycles. The van der Waals surface area contributed by atoms with Crippen LogP contribution in [0, 0.1) is 20.8 Å². The summed E-state index contributed by atoms with van der Waals surface area (Å²) >= 11 is 0. The maximum absolute atomic E-state index is 12.5. The van der Waals surface area contributed by atoms with Crippen LogP contribution in [0.25, 0.3) is 5.52 Å². The highest BCUT2D eigenvalue weighted by Crippen LogP contribution is 2.13. The van der Waals surface area contributed by atoms with E-state index in [1.54, 1.807) is 32.2 Å². The highest BCUT2D eigenvalue weighted by molar-refractivity contribution is 6.01. The van der Waals surface area contributed by atoms with E-state index in [9.17, 15) is 9.59 Å². The average molecular weight is 326 g/mol. The molecule has 0 unspecified atom stereocenters. The molecular weight excluding hydrogens is 308 g/mol. The number of rotatable bonds is 4. The number of aryl methyl sites for hydroxylation is 3. The number of aromatic nitrogens is 5. The van der Waals surface area contributed by atoms with Crippen molar-refractivity contribution in [2.45, 2.75) is 27.3 Å². The Morgan fingerprint density at radius 1 is 1.29 bits per heavy atom. The van der Waals surface area contributed by atoms with Gasteiger partial charge in [0.05, 0.1) is 11.3 Å². The van der Waals surface area contributed by atoms with Gasteiger partial charge in [-0.25, -0.2) is 4.79 Å². The van der Waals surface area contributed by atoms with Gasteiger partial charge < -0.3 is 5.32 Å². The molecule has 0 aliphatic rings. The summed E-state index contributed by atoms with van der Waals surface area (Å²) in [6, 6.07) is 5.39. The largest absolute Gasteiger partial charge is 0.350 e. The van der Waals surface area contributed by atoms with Crippen molar-refractivity contribution in [2.24, 2.45) is 0 Å². The Bertz CT molecular complexity index is 972. The minimum Gasteiger partial charge on any atom is -0.350 e. The average Bonchev–Trinajstić information content (AvgIpc) is 2.85.